The second kappa shape index (κ2) is 11.2. The van der Waals surface area contributed by atoms with Crippen molar-refractivity contribution in [2.24, 2.45) is 5.92 Å². The second-order valence-electron chi connectivity index (χ2n) is 10.9. The lowest BCUT2D eigenvalue weighted by Gasteiger charge is -2.34. The van der Waals surface area contributed by atoms with E-state index < -0.39 is 15.9 Å². The Balaban J connectivity index is 1.70. The lowest BCUT2D eigenvalue weighted by molar-refractivity contribution is 0.0981. The molecular formula is C28H36N6O4S. The minimum absolute atomic E-state index is 0.00384. The molecule has 1 fully saturated rings. The standard InChI is InChI=1S/C28H36N6O4S/c1-18(2)17-19(3)38-24-11-6-9-21(30-24)22-14-13-20(26(31-22)34-16-8-15-28(34,4)5)27(35)33-39(36,37)25-12-7-10-23(29)32-25/h6-7,9-14,18-19H,8,15-17H2,1-5H3,(H2,29,32)(H,33,35). The monoisotopic (exact) mass is 552 g/mol. The zero-order valence-electron chi connectivity index (χ0n) is 23.0. The smallest absolute Gasteiger partial charge is 0.281 e. The first-order chi connectivity index (χ1) is 18.4. The molecule has 0 aromatic carbocycles. The highest BCUT2D eigenvalue weighted by atomic mass is 32.2. The number of carbonyl (C=O) groups is 1. The highest BCUT2D eigenvalue weighted by Gasteiger charge is 2.36. The number of ether oxygens (including phenoxy) is 1. The summed E-state index contributed by atoms with van der Waals surface area (Å²) in [7, 11) is -4.25. The van der Waals surface area contributed by atoms with Crippen LogP contribution in [0.25, 0.3) is 11.4 Å². The normalized spacial score (nSPS) is 15.8. The Morgan fingerprint density at radius 2 is 1.77 bits per heavy atom. The Bertz CT molecular complexity index is 1460. The zero-order chi connectivity index (χ0) is 28.4. The first-order valence-electron chi connectivity index (χ1n) is 13.1. The third-order valence-electron chi connectivity index (χ3n) is 6.64. The van der Waals surface area contributed by atoms with Gasteiger partial charge in [0.25, 0.3) is 15.9 Å². The van der Waals surface area contributed by atoms with E-state index in [1.165, 1.54) is 18.2 Å². The van der Waals surface area contributed by atoms with E-state index in [0.29, 0.717) is 35.5 Å². The number of hydrogen-bond donors (Lipinski definition) is 2. The summed E-state index contributed by atoms with van der Waals surface area (Å²) in [6.07, 6.45) is 2.72. The fourth-order valence-electron chi connectivity index (χ4n) is 4.82. The molecule has 1 unspecified atom stereocenters. The molecule has 3 aromatic heterocycles. The van der Waals surface area contributed by atoms with Crippen molar-refractivity contribution in [2.75, 3.05) is 17.2 Å². The number of nitrogen functional groups attached to an aromatic ring is 1. The minimum Gasteiger partial charge on any atom is -0.475 e. The van der Waals surface area contributed by atoms with Gasteiger partial charge in [0.05, 0.1) is 23.1 Å². The number of aromatic nitrogens is 3. The Labute approximate surface area is 230 Å². The highest BCUT2D eigenvalue weighted by Crippen LogP contribution is 2.36. The van der Waals surface area contributed by atoms with Crippen molar-refractivity contribution < 1.29 is 17.9 Å². The summed E-state index contributed by atoms with van der Waals surface area (Å²) in [6.45, 7) is 11.1. The molecule has 208 valence electrons. The van der Waals surface area contributed by atoms with Crippen LogP contribution in [0.3, 0.4) is 0 Å². The molecule has 1 atom stereocenters. The number of nitrogens with zero attached hydrogens (tertiary/aromatic N) is 4. The molecule has 0 spiro atoms. The molecule has 0 aliphatic carbocycles. The largest absolute Gasteiger partial charge is 0.475 e. The Morgan fingerprint density at radius 1 is 1.05 bits per heavy atom. The van der Waals surface area contributed by atoms with Crippen LogP contribution in [0.4, 0.5) is 11.6 Å². The van der Waals surface area contributed by atoms with Crippen LogP contribution in [-0.4, -0.2) is 47.5 Å². The molecule has 1 saturated heterocycles. The average Bonchev–Trinajstić information content (AvgIpc) is 3.21. The van der Waals surface area contributed by atoms with Gasteiger partial charge in [-0.25, -0.2) is 19.7 Å². The summed E-state index contributed by atoms with van der Waals surface area (Å²) in [5.41, 5.74) is 6.64. The number of amides is 1. The van der Waals surface area contributed by atoms with Gasteiger partial charge in [-0.2, -0.15) is 8.42 Å². The maximum absolute atomic E-state index is 13.4. The molecule has 3 aromatic rings. The van der Waals surface area contributed by atoms with Crippen LogP contribution < -0.4 is 20.1 Å². The number of sulfonamides is 1. The van der Waals surface area contributed by atoms with Crippen molar-refractivity contribution in [1.29, 1.82) is 0 Å². The fraction of sp³-hybridized carbons (Fsp3) is 0.429. The van der Waals surface area contributed by atoms with E-state index in [-0.39, 0.29) is 28.1 Å². The summed E-state index contributed by atoms with van der Waals surface area (Å²) in [5, 5.41) is -0.337. The van der Waals surface area contributed by atoms with Crippen LogP contribution in [0.1, 0.15) is 64.2 Å². The van der Waals surface area contributed by atoms with Crippen molar-refractivity contribution in [3.05, 3.63) is 54.1 Å². The topological polar surface area (TPSA) is 140 Å². The van der Waals surface area contributed by atoms with E-state index in [4.69, 9.17) is 15.5 Å². The molecule has 0 bridgehead atoms. The maximum atomic E-state index is 13.4. The highest BCUT2D eigenvalue weighted by molar-refractivity contribution is 7.90. The number of hydrogen-bond acceptors (Lipinski definition) is 9. The molecular weight excluding hydrogens is 516 g/mol. The summed E-state index contributed by atoms with van der Waals surface area (Å²) < 4.78 is 34.0. The maximum Gasteiger partial charge on any atom is 0.281 e. The number of nitrogens with two attached hydrogens (primary N) is 1. The van der Waals surface area contributed by atoms with Gasteiger partial charge in [-0.15, -0.1) is 0 Å². The first-order valence-corrected chi connectivity index (χ1v) is 14.6. The molecule has 1 aliphatic heterocycles. The number of anilines is 2. The zero-order valence-corrected chi connectivity index (χ0v) is 23.8. The van der Waals surface area contributed by atoms with Crippen molar-refractivity contribution in [3.8, 4) is 17.3 Å². The third-order valence-corrected chi connectivity index (χ3v) is 7.87. The van der Waals surface area contributed by atoms with Gasteiger partial charge in [-0.1, -0.05) is 26.0 Å². The van der Waals surface area contributed by atoms with Gasteiger partial charge in [0.2, 0.25) is 5.88 Å². The number of pyridine rings is 3. The van der Waals surface area contributed by atoms with Crippen LogP contribution in [0, 0.1) is 5.92 Å². The number of rotatable bonds is 9. The third kappa shape index (κ3) is 6.65. The van der Waals surface area contributed by atoms with Crippen LogP contribution in [0.5, 0.6) is 5.88 Å². The molecule has 1 amide bonds. The molecule has 39 heavy (non-hydrogen) atoms. The van der Waals surface area contributed by atoms with Crippen molar-refractivity contribution in [1.82, 2.24) is 19.7 Å². The summed E-state index contributed by atoms with van der Waals surface area (Å²) in [4.78, 5) is 28.8. The van der Waals surface area contributed by atoms with Crippen LogP contribution in [0.15, 0.2) is 53.6 Å². The second-order valence-corrected chi connectivity index (χ2v) is 12.5. The molecule has 4 heterocycles. The van der Waals surface area contributed by atoms with Gasteiger partial charge in [0.15, 0.2) is 5.03 Å². The quantitative estimate of drug-likeness (QED) is 0.394. The Kier molecular flexibility index (Phi) is 8.10. The SMILES string of the molecule is CC(C)CC(C)Oc1cccc(-c2ccc(C(=O)NS(=O)(=O)c3cccc(N)n3)c(N3CCCC3(C)C)n2)n1. The predicted octanol–water partition coefficient (Wildman–Crippen LogP) is 4.43. The van der Waals surface area contributed by atoms with E-state index >= 15 is 0 Å². The fourth-order valence-corrected chi connectivity index (χ4v) is 5.77. The van der Waals surface area contributed by atoms with Gasteiger partial charge in [-0.3, -0.25) is 4.79 Å². The molecule has 0 saturated carbocycles. The van der Waals surface area contributed by atoms with Crippen LogP contribution >= 0.6 is 0 Å². The van der Waals surface area contributed by atoms with Crippen LogP contribution in [0.2, 0.25) is 0 Å². The summed E-state index contributed by atoms with van der Waals surface area (Å²) in [6, 6.07) is 12.9. The van der Waals surface area contributed by atoms with E-state index in [9.17, 15) is 13.2 Å². The minimum atomic E-state index is -4.25. The Morgan fingerprint density at radius 3 is 2.44 bits per heavy atom. The van der Waals surface area contributed by atoms with Gasteiger partial charge in [-0.05, 0) is 76.3 Å². The van der Waals surface area contributed by atoms with Crippen molar-refractivity contribution in [3.63, 3.8) is 0 Å². The van der Waals surface area contributed by atoms with E-state index in [2.05, 4.69) is 42.4 Å². The predicted molar refractivity (Wildman–Crippen MR) is 151 cm³/mol. The average molecular weight is 553 g/mol. The van der Waals surface area contributed by atoms with Gasteiger partial charge >= 0.3 is 0 Å². The van der Waals surface area contributed by atoms with E-state index in [0.717, 1.165) is 19.3 Å². The van der Waals surface area contributed by atoms with Crippen molar-refractivity contribution >= 4 is 27.6 Å². The molecule has 11 heteroatoms. The van der Waals surface area contributed by atoms with Crippen molar-refractivity contribution in [2.45, 2.75) is 70.6 Å². The Hall–Kier alpha value is -3.73. The molecule has 1 aliphatic rings. The first kappa shape index (κ1) is 28.3. The van der Waals surface area contributed by atoms with E-state index in [1.54, 1.807) is 12.1 Å². The summed E-state index contributed by atoms with van der Waals surface area (Å²) in [5.74, 6) is 0.614. The molecule has 3 N–H and O–H groups in total. The summed E-state index contributed by atoms with van der Waals surface area (Å²) >= 11 is 0. The molecule has 0 radical (unpaired) electrons. The van der Waals surface area contributed by atoms with Gasteiger partial charge in [0, 0.05) is 18.2 Å². The lowest BCUT2D eigenvalue weighted by Crippen LogP contribution is -2.41. The lowest BCUT2D eigenvalue weighted by atomic mass is 10.0. The van der Waals surface area contributed by atoms with Crippen LogP contribution in [-0.2, 0) is 10.0 Å². The van der Waals surface area contributed by atoms with E-state index in [1.807, 2.05) is 30.0 Å². The molecule has 10 nitrogen and oxygen atoms in total. The number of nitrogens with one attached hydrogen (secondary N) is 1. The number of carbonyl (C=O) groups excluding carboxylic acids is 1. The van der Waals surface area contributed by atoms with Gasteiger partial charge < -0.3 is 15.4 Å². The van der Waals surface area contributed by atoms with Gasteiger partial charge in [0.1, 0.15) is 11.6 Å². The molecule has 4 rings (SSSR count).